The van der Waals surface area contributed by atoms with Gasteiger partial charge in [-0.2, -0.15) is 16.7 Å². The van der Waals surface area contributed by atoms with Gasteiger partial charge in [-0.3, -0.25) is 0 Å². The monoisotopic (exact) mass is 278 g/mol. The second kappa shape index (κ2) is 5.22. The van der Waals surface area contributed by atoms with E-state index in [9.17, 15) is 5.11 Å². The van der Waals surface area contributed by atoms with Gasteiger partial charge < -0.3 is 14.4 Å². The topological polar surface area (TPSA) is 68.4 Å². The van der Waals surface area contributed by atoms with Gasteiger partial charge in [0, 0.05) is 17.1 Å². The van der Waals surface area contributed by atoms with Gasteiger partial charge in [-0.1, -0.05) is 5.16 Å². The zero-order valence-corrected chi connectivity index (χ0v) is 11.3. The number of nitrogens with zero attached hydrogens (tertiary/aromatic N) is 2. The fourth-order valence-electron chi connectivity index (χ4n) is 2.02. The number of rotatable bonds is 3. The highest BCUT2D eigenvalue weighted by Gasteiger charge is 2.32. The van der Waals surface area contributed by atoms with Gasteiger partial charge in [0.05, 0.1) is 19.1 Å². The van der Waals surface area contributed by atoms with Gasteiger partial charge in [-0.05, 0) is 24.3 Å². The highest BCUT2D eigenvalue weighted by Crippen LogP contribution is 2.32. The molecular formula is C13H14N2O3S. The zero-order valence-electron chi connectivity index (χ0n) is 10.4. The molecule has 0 saturated carbocycles. The van der Waals surface area contributed by atoms with Gasteiger partial charge in [-0.15, -0.1) is 0 Å². The van der Waals surface area contributed by atoms with Crippen molar-refractivity contribution in [1.82, 2.24) is 10.1 Å². The maximum absolute atomic E-state index is 9.83. The summed E-state index contributed by atoms with van der Waals surface area (Å²) in [7, 11) is 1.63. The number of aliphatic hydroxyl groups is 1. The Hall–Kier alpha value is -1.53. The summed E-state index contributed by atoms with van der Waals surface area (Å²) in [6.45, 7) is 0. The first-order valence-electron chi connectivity index (χ1n) is 6.02. The Labute approximate surface area is 115 Å². The van der Waals surface area contributed by atoms with Gasteiger partial charge in [0.1, 0.15) is 5.75 Å². The third kappa shape index (κ3) is 2.46. The van der Waals surface area contributed by atoms with Crippen molar-refractivity contribution < 1.29 is 14.4 Å². The van der Waals surface area contributed by atoms with E-state index in [1.54, 1.807) is 18.9 Å². The molecule has 1 aliphatic heterocycles. The fourth-order valence-corrected chi connectivity index (χ4v) is 3.25. The highest BCUT2D eigenvalue weighted by atomic mass is 32.2. The minimum Gasteiger partial charge on any atom is -0.497 e. The molecule has 0 amide bonds. The van der Waals surface area contributed by atoms with Crippen molar-refractivity contribution in [2.45, 2.75) is 12.0 Å². The van der Waals surface area contributed by atoms with Crippen LogP contribution in [0.2, 0.25) is 0 Å². The molecule has 0 bridgehead atoms. The molecule has 100 valence electrons. The van der Waals surface area contributed by atoms with Gasteiger partial charge in [-0.25, -0.2) is 0 Å². The summed E-state index contributed by atoms with van der Waals surface area (Å²) >= 11 is 1.70. The predicted molar refractivity (Wildman–Crippen MR) is 72.4 cm³/mol. The summed E-state index contributed by atoms with van der Waals surface area (Å²) < 4.78 is 10.4. The van der Waals surface area contributed by atoms with Crippen molar-refractivity contribution in [2.24, 2.45) is 0 Å². The first-order chi connectivity index (χ1) is 9.28. The number of ether oxygens (including phenoxy) is 1. The summed E-state index contributed by atoms with van der Waals surface area (Å²) in [5.41, 5.74) is 0.871. The Balaban J connectivity index is 1.83. The number of aromatic nitrogens is 2. The van der Waals surface area contributed by atoms with E-state index in [2.05, 4.69) is 10.1 Å². The molecule has 6 heteroatoms. The van der Waals surface area contributed by atoms with Crippen molar-refractivity contribution in [1.29, 1.82) is 0 Å². The Kier molecular flexibility index (Phi) is 3.44. The molecule has 1 saturated heterocycles. The number of benzene rings is 1. The molecule has 19 heavy (non-hydrogen) atoms. The first kappa shape index (κ1) is 12.5. The lowest BCUT2D eigenvalue weighted by atomic mass is 10.1. The molecule has 3 rings (SSSR count). The summed E-state index contributed by atoms with van der Waals surface area (Å²) in [5.74, 6) is 3.35. The Morgan fingerprint density at radius 2 is 2.11 bits per heavy atom. The number of hydrogen-bond acceptors (Lipinski definition) is 6. The van der Waals surface area contributed by atoms with Crippen molar-refractivity contribution >= 4 is 11.8 Å². The maximum atomic E-state index is 9.83. The van der Waals surface area contributed by atoms with E-state index >= 15 is 0 Å². The molecule has 0 spiro atoms. The maximum Gasteiger partial charge on any atom is 0.233 e. The lowest BCUT2D eigenvalue weighted by Gasteiger charge is -2.06. The van der Waals surface area contributed by atoms with Crippen LogP contribution in [0.4, 0.5) is 0 Å². The summed E-state index contributed by atoms with van der Waals surface area (Å²) in [6, 6.07) is 7.47. The zero-order chi connectivity index (χ0) is 13.2. The fraction of sp³-hybridized carbons (Fsp3) is 0.385. The third-order valence-corrected chi connectivity index (χ3v) is 4.33. The lowest BCUT2D eigenvalue weighted by Crippen LogP contribution is -2.15. The second-order valence-electron chi connectivity index (χ2n) is 4.40. The minimum absolute atomic E-state index is 0.0514. The van der Waals surface area contributed by atoms with Gasteiger partial charge in [0.15, 0.2) is 0 Å². The smallest absolute Gasteiger partial charge is 0.233 e. The van der Waals surface area contributed by atoms with Crippen LogP contribution in [0, 0.1) is 0 Å². The number of methoxy groups -OCH3 is 1. The molecule has 2 heterocycles. The third-order valence-electron chi connectivity index (χ3n) is 3.16. The first-order valence-corrected chi connectivity index (χ1v) is 7.17. The average molecular weight is 278 g/mol. The van der Waals surface area contributed by atoms with Gasteiger partial charge in [0.25, 0.3) is 0 Å². The van der Waals surface area contributed by atoms with E-state index in [1.165, 1.54) is 0 Å². The van der Waals surface area contributed by atoms with Crippen LogP contribution in [0.3, 0.4) is 0 Å². The molecule has 0 radical (unpaired) electrons. The second-order valence-corrected chi connectivity index (χ2v) is 5.47. The molecule has 2 atom stereocenters. The van der Waals surface area contributed by atoms with Crippen molar-refractivity contribution in [2.75, 3.05) is 18.6 Å². The van der Waals surface area contributed by atoms with Crippen LogP contribution in [0.15, 0.2) is 28.8 Å². The highest BCUT2D eigenvalue weighted by molar-refractivity contribution is 7.99. The molecule has 1 aromatic heterocycles. The molecule has 0 aliphatic carbocycles. The van der Waals surface area contributed by atoms with Gasteiger partial charge >= 0.3 is 0 Å². The van der Waals surface area contributed by atoms with Crippen LogP contribution in [0.5, 0.6) is 5.75 Å². The number of hydrogen-bond donors (Lipinski definition) is 1. The van der Waals surface area contributed by atoms with E-state index < -0.39 is 6.10 Å². The molecule has 1 aliphatic rings. The molecule has 2 aromatic rings. The summed E-state index contributed by atoms with van der Waals surface area (Å²) in [5, 5.41) is 13.8. The Morgan fingerprint density at radius 3 is 2.74 bits per heavy atom. The van der Waals surface area contributed by atoms with E-state index in [0.717, 1.165) is 22.8 Å². The van der Waals surface area contributed by atoms with Crippen molar-refractivity contribution in [3.8, 4) is 17.1 Å². The van der Waals surface area contributed by atoms with Crippen LogP contribution >= 0.6 is 11.8 Å². The largest absolute Gasteiger partial charge is 0.497 e. The molecule has 5 nitrogen and oxygen atoms in total. The van der Waals surface area contributed by atoms with Crippen LogP contribution in [0.25, 0.3) is 11.4 Å². The summed E-state index contributed by atoms with van der Waals surface area (Å²) in [4.78, 5) is 4.38. The van der Waals surface area contributed by atoms with Crippen LogP contribution < -0.4 is 4.74 Å². The lowest BCUT2D eigenvalue weighted by molar-refractivity contribution is 0.164. The van der Waals surface area contributed by atoms with Gasteiger partial charge in [0.2, 0.25) is 11.7 Å². The molecule has 1 fully saturated rings. The minimum atomic E-state index is -0.394. The number of aliphatic hydroxyl groups excluding tert-OH is 1. The quantitative estimate of drug-likeness (QED) is 0.925. The number of thioether (sulfide) groups is 1. The Bertz CT molecular complexity index is 555. The van der Waals surface area contributed by atoms with Crippen molar-refractivity contribution in [3.05, 3.63) is 30.2 Å². The van der Waals surface area contributed by atoms with E-state index in [-0.39, 0.29) is 5.92 Å². The average Bonchev–Trinajstić information content (AvgIpc) is 3.07. The summed E-state index contributed by atoms with van der Waals surface area (Å²) in [6.07, 6.45) is -0.394. The van der Waals surface area contributed by atoms with Crippen LogP contribution in [0.1, 0.15) is 11.8 Å². The molecule has 1 aromatic carbocycles. The molecular weight excluding hydrogens is 264 g/mol. The van der Waals surface area contributed by atoms with Crippen molar-refractivity contribution in [3.63, 3.8) is 0 Å². The standard InChI is InChI=1S/C13H14N2O3S/c1-17-9-4-2-8(3-5-9)12-14-13(18-15-12)10-6-19-7-11(10)16/h2-5,10-11,16H,6-7H2,1H3. The van der Waals surface area contributed by atoms with Crippen LogP contribution in [-0.4, -0.2) is 40.0 Å². The predicted octanol–water partition coefficient (Wildman–Crippen LogP) is 1.94. The Morgan fingerprint density at radius 1 is 1.32 bits per heavy atom. The van der Waals surface area contributed by atoms with E-state index in [4.69, 9.17) is 9.26 Å². The van der Waals surface area contributed by atoms with E-state index in [1.807, 2.05) is 24.3 Å². The molecule has 1 N–H and O–H groups in total. The normalized spacial score (nSPS) is 22.6. The SMILES string of the molecule is COc1ccc(-c2noc(C3CSCC3O)n2)cc1. The van der Waals surface area contributed by atoms with E-state index in [0.29, 0.717) is 11.7 Å². The molecule has 2 unspecified atom stereocenters. The van der Waals surface area contributed by atoms with Crippen LogP contribution in [-0.2, 0) is 0 Å².